The number of fused-ring (bicyclic) bond motifs is 1. The Bertz CT molecular complexity index is 818. The van der Waals surface area contributed by atoms with E-state index >= 15 is 0 Å². The maximum atomic E-state index is 5.83. The van der Waals surface area contributed by atoms with E-state index in [1.807, 2.05) is 24.3 Å². The highest BCUT2D eigenvalue weighted by atomic mass is 32.2. The summed E-state index contributed by atoms with van der Waals surface area (Å²) in [6.45, 7) is 2.09. The molecule has 0 spiro atoms. The SMILES string of the molecule is Cc1noc(CSc2nnc(C3COc4ccccc4O3)o2)n1. The molecule has 1 aliphatic heterocycles. The summed E-state index contributed by atoms with van der Waals surface area (Å²) >= 11 is 1.32. The fourth-order valence-electron chi connectivity index (χ4n) is 2.07. The molecule has 8 nitrogen and oxygen atoms in total. The molecule has 0 aliphatic carbocycles. The van der Waals surface area contributed by atoms with Gasteiger partial charge in [-0.25, -0.2) is 0 Å². The molecule has 118 valence electrons. The number of ether oxygens (including phenoxy) is 2. The molecule has 0 saturated heterocycles. The van der Waals surface area contributed by atoms with Gasteiger partial charge in [-0.05, 0) is 19.1 Å². The number of para-hydroxylation sites is 2. The lowest BCUT2D eigenvalue weighted by Crippen LogP contribution is -2.21. The van der Waals surface area contributed by atoms with Crippen LogP contribution in [0.1, 0.15) is 23.7 Å². The Morgan fingerprint density at radius 1 is 1.22 bits per heavy atom. The van der Waals surface area contributed by atoms with Crippen LogP contribution in [0.5, 0.6) is 11.5 Å². The van der Waals surface area contributed by atoms with Crippen molar-refractivity contribution in [1.29, 1.82) is 0 Å². The number of aryl methyl sites for hydroxylation is 1. The summed E-state index contributed by atoms with van der Waals surface area (Å²) in [5.41, 5.74) is 0. The maximum Gasteiger partial charge on any atom is 0.277 e. The third-order valence-electron chi connectivity index (χ3n) is 3.09. The average molecular weight is 332 g/mol. The van der Waals surface area contributed by atoms with Crippen LogP contribution in [0, 0.1) is 6.92 Å². The smallest absolute Gasteiger partial charge is 0.277 e. The van der Waals surface area contributed by atoms with Gasteiger partial charge in [0.25, 0.3) is 11.1 Å². The van der Waals surface area contributed by atoms with Gasteiger partial charge in [-0.1, -0.05) is 29.1 Å². The fourth-order valence-corrected chi connectivity index (χ4v) is 2.68. The summed E-state index contributed by atoms with van der Waals surface area (Å²) in [5, 5.41) is 12.2. The summed E-state index contributed by atoms with van der Waals surface area (Å²) in [6.07, 6.45) is -0.419. The van der Waals surface area contributed by atoms with Gasteiger partial charge in [-0.15, -0.1) is 10.2 Å². The molecule has 3 aromatic rings. The van der Waals surface area contributed by atoms with E-state index < -0.39 is 6.10 Å². The zero-order valence-corrected chi connectivity index (χ0v) is 12.9. The number of benzene rings is 1. The van der Waals surface area contributed by atoms with Crippen molar-refractivity contribution >= 4 is 11.8 Å². The molecule has 4 rings (SSSR count). The minimum atomic E-state index is -0.419. The largest absolute Gasteiger partial charge is 0.485 e. The highest BCUT2D eigenvalue weighted by Gasteiger charge is 2.27. The normalized spacial score (nSPS) is 16.5. The molecular weight excluding hydrogens is 320 g/mol. The Morgan fingerprint density at radius 2 is 2.09 bits per heavy atom. The predicted molar refractivity (Wildman–Crippen MR) is 78.2 cm³/mol. The summed E-state index contributed by atoms with van der Waals surface area (Å²) in [7, 11) is 0. The third-order valence-corrected chi connectivity index (χ3v) is 3.90. The lowest BCUT2D eigenvalue weighted by Gasteiger charge is -2.23. The van der Waals surface area contributed by atoms with Crippen molar-refractivity contribution in [1.82, 2.24) is 20.3 Å². The van der Waals surface area contributed by atoms with E-state index in [-0.39, 0.29) is 0 Å². The lowest BCUT2D eigenvalue weighted by molar-refractivity contribution is 0.0686. The minimum Gasteiger partial charge on any atom is -0.485 e. The molecular formula is C14H12N4O4S. The van der Waals surface area contributed by atoms with Crippen LogP contribution < -0.4 is 9.47 Å². The van der Waals surface area contributed by atoms with E-state index in [0.29, 0.717) is 46.7 Å². The van der Waals surface area contributed by atoms with Gasteiger partial charge in [0.05, 0.1) is 5.75 Å². The second kappa shape index (κ2) is 5.92. The lowest BCUT2D eigenvalue weighted by atomic mass is 10.2. The third kappa shape index (κ3) is 3.00. The monoisotopic (exact) mass is 332 g/mol. The second-order valence-corrected chi connectivity index (χ2v) is 5.72. The zero-order chi connectivity index (χ0) is 15.6. The van der Waals surface area contributed by atoms with Crippen molar-refractivity contribution in [3.8, 4) is 11.5 Å². The first-order valence-electron chi connectivity index (χ1n) is 6.92. The van der Waals surface area contributed by atoms with Crippen molar-refractivity contribution in [3.63, 3.8) is 0 Å². The average Bonchev–Trinajstić information content (AvgIpc) is 3.21. The molecule has 0 bridgehead atoms. The molecule has 0 fully saturated rings. The van der Waals surface area contributed by atoms with Crippen molar-refractivity contribution in [3.05, 3.63) is 41.9 Å². The molecule has 1 atom stereocenters. The molecule has 23 heavy (non-hydrogen) atoms. The fraction of sp³-hybridized carbons (Fsp3) is 0.286. The number of rotatable bonds is 4. The number of nitrogens with zero attached hydrogens (tertiary/aromatic N) is 4. The number of aromatic nitrogens is 4. The van der Waals surface area contributed by atoms with Crippen molar-refractivity contribution < 1.29 is 18.4 Å². The topological polar surface area (TPSA) is 96.3 Å². The zero-order valence-electron chi connectivity index (χ0n) is 12.1. The standard InChI is InChI=1S/C14H12N4O4S/c1-8-15-12(22-18-8)7-23-14-17-16-13(21-14)11-6-19-9-4-2-3-5-10(9)20-11/h2-5,11H,6-7H2,1H3. The quantitative estimate of drug-likeness (QED) is 0.668. The minimum absolute atomic E-state index is 0.326. The van der Waals surface area contributed by atoms with E-state index in [1.165, 1.54) is 11.8 Å². The van der Waals surface area contributed by atoms with Gasteiger partial charge in [-0.2, -0.15) is 4.98 Å². The Balaban J connectivity index is 1.42. The van der Waals surface area contributed by atoms with Gasteiger partial charge in [-0.3, -0.25) is 0 Å². The van der Waals surface area contributed by atoms with Gasteiger partial charge in [0.2, 0.25) is 12.0 Å². The summed E-state index contributed by atoms with van der Waals surface area (Å²) in [5.74, 6) is 3.33. The molecule has 2 aromatic heterocycles. The summed E-state index contributed by atoms with van der Waals surface area (Å²) < 4.78 is 22.1. The first-order chi connectivity index (χ1) is 11.3. The highest BCUT2D eigenvalue weighted by molar-refractivity contribution is 7.98. The molecule has 0 N–H and O–H groups in total. The van der Waals surface area contributed by atoms with E-state index in [9.17, 15) is 0 Å². The number of hydrogen-bond acceptors (Lipinski definition) is 9. The van der Waals surface area contributed by atoms with E-state index in [0.717, 1.165) is 0 Å². The summed E-state index contributed by atoms with van der Waals surface area (Å²) in [4.78, 5) is 4.11. The first-order valence-corrected chi connectivity index (χ1v) is 7.90. The van der Waals surface area contributed by atoms with E-state index in [2.05, 4.69) is 20.3 Å². The molecule has 1 unspecified atom stereocenters. The van der Waals surface area contributed by atoms with Crippen molar-refractivity contribution in [2.75, 3.05) is 6.61 Å². The van der Waals surface area contributed by atoms with Gasteiger partial charge >= 0.3 is 0 Å². The van der Waals surface area contributed by atoms with Crippen LogP contribution in [-0.2, 0) is 5.75 Å². The molecule has 0 amide bonds. The van der Waals surface area contributed by atoms with Crippen LogP contribution in [0.15, 0.2) is 38.4 Å². The van der Waals surface area contributed by atoms with E-state index in [1.54, 1.807) is 6.92 Å². The van der Waals surface area contributed by atoms with Crippen LogP contribution in [0.4, 0.5) is 0 Å². The second-order valence-electron chi connectivity index (χ2n) is 4.79. The van der Waals surface area contributed by atoms with Crippen LogP contribution in [0.2, 0.25) is 0 Å². The number of hydrogen-bond donors (Lipinski definition) is 0. The predicted octanol–water partition coefficient (Wildman–Crippen LogP) is 2.57. The van der Waals surface area contributed by atoms with Crippen LogP contribution in [0.3, 0.4) is 0 Å². The molecule has 0 saturated carbocycles. The van der Waals surface area contributed by atoms with Gasteiger partial charge in [0.15, 0.2) is 17.3 Å². The molecule has 0 radical (unpaired) electrons. The van der Waals surface area contributed by atoms with Gasteiger partial charge in [0.1, 0.15) is 6.61 Å². The van der Waals surface area contributed by atoms with Crippen molar-refractivity contribution in [2.45, 2.75) is 24.0 Å². The molecule has 3 heterocycles. The Kier molecular flexibility index (Phi) is 3.62. The Morgan fingerprint density at radius 3 is 2.91 bits per heavy atom. The molecule has 1 aromatic carbocycles. The molecule has 9 heteroatoms. The van der Waals surface area contributed by atoms with E-state index in [4.69, 9.17) is 18.4 Å². The van der Waals surface area contributed by atoms with Crippen molar-refractivity contribution in [2.24, 2.45) is 0 Å². The number of thioether (sulfide) groups is 1. The first kappa shape index (κ1) is 14.1. The van der Waals surface area contributed by atoms with Crippen LogP contribution in [0.25, 0.3) is 0 Å². The molecule has 1 aliphatic rings. The van der Waals surface area contributed by atoms with Crippen LogP contribution in [-0.4, -0.2) is 26.9 Å². The van der Waals surface area contributed by atoms with Gasteiger partial charge in [0, 0.05) is 0 Å². The van der Waals surface area contributed by atoms with Crippen LogP contribution >= 0.6 is 11.8 Å². The summed E-state index contributed by atoms with van der Waals surface area (Å²) in [6, 6.07) is 7.47. The Labute approximate surface area is 135 Å². The highest BCUT2D eigenvalue weighted by Crippen LogP contribution is 2.36. The van der Waals surface area contributed by atoms with Gasteiger partial charge < -0.3 is 18.4 Å². The Hall–Kier alpha value is -2.55. The maximum absolute atomic E-state index is 5.83.